The van der Waals surface area contributed by atoms with E-state index in [9.17, 15) is 9.18 Å². The van der Waals surface area contributed by atoms with Crippen LogP contribution in [0.2, 0.25) is 5.02 Å². The van der Waals surface area contributed by atoms with Gasteiger partial charge in [-0.3, -0.25) is 9.36 Å². The molecule has 0 fully saturated rings. The molecule has 5 aromatic rings. The normalized spacial score (nSPS) is 11.4. The minimum absolute atomic E-state index is 0.0930. The van der Waals surface area contributed by atoms with Crippen LogP contribution in [0.15, 0.2) is 76.8 Å². The van der Waals surface area contributed by atoms with Crippen LogP contribution in [0, 0.1) is 5.82 Å². The number of halogens is 2. The van der Waals surface area contributed by atoms with Crippen molar-refractivity contribution < 1.29 is 4.39 Å². The van der Waals surface area contributed by atoms with Crippen LogP contribution in [0.25, 0.3) is 20.4 Å². The maximum atomic E-state index is 13.5. The molecule has 154 valence electrons. The van der Waals surface area contributed by atoms with Crippen LogP contribution < -0.4 is 5.56 Å². The van der Waals surface area contributed by atoms with Crippen molar-refractivity contribution in [2.24, 2.45) is 0 Å². The summed E-state index contributed by atoms with van der Waals surface area (Å²) < 4.78 is 15.7. The lowest BCUT2D eigenvalue weighted by molar-refractivity contribution is 0.627. The maximum absolute atomic E-state index is 13.5. The summed E-state index contributed by atoms with van der Waals surface area (Å²) in [6.07, 6.45) is 1.71. The minimum atomic E-state index is -0.378. The second-order valence-electron chi connectivity index (χ2n) is 6.93. The Morgan fingerprint density at radius 3 is 2.74 bits per heavy atom. The summed E-state index contributed by atoms with van der Waals surface area (Å²) in [7, 11) is 0. The Balaban J connectivity index is 1.63. The first-order valence-corrected chi connectivity index (χ1v) is 11.7. The second-order valence-corrected chi connectivity index (χ2v) is 9.28. The van der Waals surface area contributed by atoms with Gasteiger partial charge < -0.3 is 0 Å². The van der Waals surface area contributed by atoms with Gasteiger partial charge >= 0.3 is 0 Å². The highest BCUT2D eigenvalue weighted by atomic mass is 35.5. The molecule has 0 unspecified atom stereocenters. The average molecular weight is 468 g/mol. The van der Waals surface area contributed by atoms with Crippen LogP contribution in [0.3, 0.4) is 0 Å². The summed E-state index contributed by atoms with van der Waals surface area (Å²) in [5.74, 6) is 0.0862. The summed E-state index contributed by atoms with van der Waals surface area (Å²) in [6.45, 7) is 0.407. The molecule has 2 aromatic carbocycles. The zero-order chi connectivity index (χ0) is 21.4. The molecule has 0 saturated carbocycles. The van der Waals surface area contributed by atoms with Gasteiger partial charge in [0.05, 0.1) is 12.1 Å². The zero-order valence-corrected chi connectivity index (χ0v) is 18.5. The number of nitrogens with zero attached hydrogens (tertiary/aromatic N) is 3. The Hall–Kier alpha value is -2.74. The van der Waals surface area contributed by atoms with E-state index < -0.39 is 0 Å². The summed E-state index contributed by atoms with van der Waals surface area (Å²) >= 11 is 8.97. The molecule has 0 aliphatic heterocycles. The Labute approximate surface area is 190 Å². The standard InChI is InChI=1S/C23H15ClFN3OS2/c24-18-11-16(25)9-8-15(18)13-30-23-27-19-17-7-4-10-26-21(17)31-20(19)22(29)28(23)12-14-5-2-1-3-6-14/h1-11H,12-13H2. The molecule has 0 aliphatic rings. The van der Waals surface area contributed by atoms with E-state index in [1.54, 1.807) is 16.8 Å². The van der Waals surface area contributed by atoms with Gasteiger partial charge in [-0.1, -0.05) is 59.8 Å². The Morgan fingerprint density at radius 2 is 1.94 bits per heavy atom. The molecule has 0 aliphatic carbocycles. The van der Waals surface area contributed by atoms with Gasteiger partial charge in [-0.25, -0.2) is 14.4 Å². The Morgan fingerprint density at radius 1 is 1.10 bits per heavy atom. The summed E-state index contributed by atoms with van der Waals surface area (Å²) in [6, 6.07) is 17.9. The van der Waals surface area contributed by atoms with Crippen molar-refractivity contribution in [3.05, 3.63) is 99.2 Å². The lowest BCUT2D eigenvalue weighted by atomic mass is 10.2. The van der Waals surface area contributed by atoms with Crippen molar-refractivity contribution in [2.75, 3.05) is 0 Å². The number of fused-ring (bicyclic) bond motifs is 3. The molecule has 0 bridgehead atoms. The fraction of sp³-hybridized carbons (Fsp3) is 0.0870. The van der Waals surface area contributed by atoms with Crippen molar-refractivity contribution in [1.29, 1.82) is 0 Å². The molecule has 8 heteroatoms. The number of hydrogen-bond acceptors (Lipinski definition) is 5. The number of aromatic nitrogens is 3. The van der Waals surface area contributed by atoms with Crippen molar-refractivity contribution in [2.45, 2.75) is 17.5 Å². The molecule has 0 radical (unpaired) electrons. The van der Waals surface area contributed by atoms with Gasteiger partial charge in [0.15, 0.2) is 5.16 Å². The first-order valence-electron chi connectivity index (χ1n) is 9.49. The molecule has 31 heavy (non-hydrogen) atoms. The molecule has 3 heterocycles. The number of thiophene rings is 1. The SMILES string of the molecule is O=c1c2sc3ncccc3c2nc(SCc2ccc(F)cc2Cl)n1Cc1ccccc1. The third-order valence-corrected chi connectivity index (χ3v) is 7.34. The zero-order valence-electron chi connectivity index (χ0n) is 16.1. The smallest absolute Gasteiger partial charge is 0.272 e. The van der Waals surface area contributed by atoms with Crippen LogP contribution >= 0.6 is 34.7 Å². The van der Waals surface area contributed by atoms with Gasteiger partial charge in [0.2, 0.25) is 0 Å². The van der Waals surface area contributed by atoms with E-state index in [1.807, 2.05) is 42.5 Å². The van der Waals surface area contributed by atoms with E-state index in [4.69, 9.17) is 16.6 Å². The molecule has 0 N–H and O–H groups in total. The summed E-state index contributed by atoms with van der Waals surface area (Å²) in [5, 5.41) is 1.81. The van der Waals surface area contributed by atoms with Gasteiger partial charge in [-0.2, -0.15) is 0 Å². The van der Waals surface area contributed by atoms with Crippen LogP contribution in [0.4, 0.5) is 4.39 Å². The predicted molar refractivity (Wildman–Crippen MR) is 126 cm³/mol. The third kappa shape index (κ3) is 3.96. The Bertz CT molecular complexity index is 1470. The Kier molecular flexibility index (Phi) is 5.48. The summed E-state index contributed by atoms with van der Waals surface area (Å²) in [5.41, 5.74) is 2.36. The molecule has 0 atom stereocenters. The molecule has 3 aromatic heterocycles. The summed E-state index contributed by atoms with van der Waals surface area (Å²) in [4.78, 5) is 23.5. The number of benzene rings is 2. The van der Waals surface area contributed by atoms with E-state index in [0.29, 0.717) is 32.7 Å². The molecular formula is C23H15ClFN3OS2. The molecule has 0 spiro atoms. The number of thioether (sulfide) groups is 1. The first-order chi connectivity index (χ1) is 15.1. The topological polar surface area (TPSA) is 47.8 Å². The second kappa shape index (κ2) is 8.42. The van der Waals surface area contributed by atoms with Crippen LogP contribution in [-0.2, 0) is 12.3 Å². The number of rotatable bonds is 5. The molecule has 4 nitrogen and oxygen atoms in total. The van der Waals surface area contributed by atoms with Crippen molar-refractivity contribution in [3.8, 4) is 0 Å². The van der Waals surface area contributed by atoms with Gasteiger partial charge in [0.25, 0.3) is 5.56 Å². The van der Waals surface area contributed by atoms with Gasteiger partial charge in [-0.05, 0) is 35.4 Å². The number of hydrogen-bond donors (Lipinski definition) is 0. The highest BCUT2D eigenvalue weighted by molar-refractivity contribution is 7.98. The van der Waals surface area contributed by atoms with E-state index in [0.717, 1.165) is 21.3 Å². The van der Waals surface area contributed by atoms with E-state index in [-0.39, 0.29) is 11.4 Å². The number of pyridine rings is 1. The lowest BCUT2D eigenvalue weighted by Crippen LogP contribution is -2.23. The van der Waals surface area contributed by atoms with Gasteiger partial charge in [-0.15, -0.1) is 11.3 Å². The third-order valence-electron chi connectivity index (χ3n) is 4.87. The van der Waals surface area contributed by atoms with Gasteiger partial charge in [0.1, 0.15) is 15.3 Å². The maximum Gasteiger partial charge on any atom is 0.272 e. The van der Waals surface area contributed by atoms with Crippen molar-refractivity contribution >= 4 is 55.1 Å². The van der Waals surface area contributed by atoms with Crippen molar-refractivity contribution in [3.63, 3.8) is 0 Å². The van der Waals surface area contributed by atoms with Gasteiger partial charge in [0, 0.05) is 22.4 Å². The quantitative estimate of drug-likeness (QED) is 0.230. The fourth-order valence-electron chi connectivity index (χ4n) is 3.34. The molecule has 0 amide bonds. The minimum Gasteiger partial charge on any atom is -0.282 e. The fourth-order valence-corrected chi connectivity index (χ4v) is 5.68. The largest absolute Gasteiger partial charge is 0.282 e. The highest BCUT2D eigenvalue weighted by Gasteiger charge is 2.17. The van der Waals surface area contributed by atoms with E-state index in [1.165, 1.54) is 35.2 Å². The van der Waals surface area contributed by atoms with Crippen molar-refractivity contribution in [1.82, 2.24) is 14.5 Å². The highest BCUT2D eigenvalue weighted by Crippen LogP contribution is 2.32. The predicted octanol–water partition coefficient (Wildman–Crippen LogP) is 6.14. The van der Waals surface area contributed by atoms with Crippen LogP contribution in [-0.4, -0.2) is 14.5 Å². The van der Waals surface area contributed by atoms with Crippen LogP contribution in [0.1, 0.15) is 11.1 Å². The van der Waals surface area contributed by atoms with E-state index >= 15 is 0 Å². The monoisotopic (exact) mass is 467 g/mol. The lowest BCUT2D eigenvalue weighted by Gasteiger charge is -2.13. The molecule has 5 rings (SSSR count). The van der Waals surface area contributed by atoms with Crippen LogP contribution in [0.5, 0.6) is 0 Å². The molecule has 0 saturated heterocycles. The van der Waals surface area contributed by atoms with E-state index in [2.05, 4.69) is 4.98 Å². The average Bonchev–Trinajstić information content (AvgIpc) is 3.15. The first kappa shape index (κ1) is 20.2. The molecular weight excluding hydrogens is 453 g/mol.